The normalized spacial score (nSPS) is 19.3. The number of aryl methyl sites for hydroxylation is 1. The van der Waals surface area contributed by atoms with Crippen molar-refractivity contribution in [2.24, 2.45) is 11.8 Å². The van der Waals surface area contributed by atoms with E-state index in [1.54, 1.807) is 13.0 Å². The van der Waals surface area contributed by atoms with Gasteiger partial charge in [-0.25, -0.2) is 4.98 Å². The molecule has 0 radical (unpaired) electrons. The monoisotopic (exact) mass is 399 g/mol. The second-order valence-electron chi connectivity index (χ2n) is 8.21. The quantitative estimate of drug-likeness (QED) is 0.682. The van der Waals surface area contributed by atoms with Gasteiger partial charge in [-0.15, -0.1) is 0 Å². The number of carbonyl (C=O) groups excluding carboxylic acids is 1. The molecule has 0 saturated heterocycles. The fourth-order valence-corrected chi connectivity index (χ4v) is 4.33. The van der Waals surface area contributed by atoms with Crippen molar-refractivity contribution in [2.45, 2.75) is 26.7 Å². The zero-order valence-electron chi connectivity index (χ0n) is 17.1. The maximum atomic E-state index is 13.1. The Labute approximate surface area is 176 Å². The molecule has 3 aromatic rings. The first-order valence-electron chi connectivity index (χ1n) is 10.3. The molecular formula is C25H25N3O2. The van der Waals surface area contributed by atoms with Crippen LogP contribution in [0.2, 0.25) is 0 Å². The number of ketones is 1. The maximum Gasteiger partial charge on any atom is 0.193 e. The Morgan fingerprint density at radius 1 is 1.27 bits per heavy atom. The molecule has 1 N–H and O–H groups in total. The molecule has 2 heterocycles. The van der Waals surface area contributed by atoms with E-state index in [1.807, 2.05) is 47.9 Å². The van der Waals surface area contributed by atoms with Gasteiger partial charge in [0.1, 0.15) is 11.6 Å². The van der Waals surface area contributed by atoms with Crippen LogP contribution >= 0.6 is 0 Å². The molecular weight excluding hydrogens is 374 g/mol. The minimum absolute atomic E-state index is 0. The third-order valence-corrected chi connectivity index (χ3v) is 5.81. The van der Waals surface area contributed by atoms with Crippen molar-refractivity contribution in [3.05, 3.63) is 87.9 Å². The number of nitrogens with zero attached hydrogens (tertiary/aromatic N) is 2. The first-order chi connectivity index (χ1) is 14.5. The molecule has 5 nitrogen and oxygen atoms in total. The van der Waals surface area contributed by atoms with Crippen molar-refractivity contribution in [3.63, 3.8) is 0 Å². The van der Waals surface area contributed by atoms with Gasteiger partial charge in [-0.2, -0.15) is 0 Å². The van der Waals surface area contributed by atoms with E-state index < -0.39 is 0 Å². The van der Waals surface area contributed by atoms with Crippen LogP contribution in [0.4, 0.5) is 5.82 Å². The van der Waals surface area contributed by atoms with Gasteiger partial charge >= 0.3 is 0 Å². The lowest BCUT2D eigenvalue weighted by molar-refractivity contribution is -0.116. The number of aromatic nitrogens is 2. The molecule has 2 unspecified atom stereocenters. The van der Waals surface area contributed by atoms with Gasteiger partial charge in [-0.05, 0) is 56.0 Å². The van der Waals surface area contributed by atoms with E-state index >= 15 is 0 Å². The molecule has 5 heteroatoms. The van der Waals surface area contributed by atoms with Gasteiger partial charge in [0.15, 0.2) is 11.1 Å². The summed E-state index contributed by atoms with van der Waals surface area (Å²) in [6.45, 7) is 3.46. The first kappa shape index (κ1) is 18.6. The molecule has 2 aromatic heterocycles. The largest absolute Gasteiger partial charge is 0.344 e. The van der Waals surface area contributed by atoms with Gasteiger partial charge in [0.05, 0.1) is 11.1 Å². The zero-order valence-corrected chi connectivity index (χ0v) is 17.1. The summed E-state index contributed by atoms with van der Waals surface area (Å²) in [5, 5.41) is 4.10. The SMILES string of the molecule is CC(=O)Cc1cc(C)c2c(=O)cc(NC3=CC=CC4CC34)n(-c3ccccc3)c2n1.[HH]. The average molecular weight is 399 g/mol. The van der Waals surface area contributed by atoms with E-state index in [9.17, 15) is 9.59 Å². The van der Waals surface area contributed by atoms with Gasteiger partial charge in [0, 0.05) is 31.2 Å². The first-order valence-corrected chi connectivity index (χ1v) is 10.3. The zero-order chi connectivity index (χ0) is 20.8. The fourth-order valence-electron chi connectivity index (χ4n) is 4.33. The van der Waals surface area contributed by atoms with E-state index in [0.29, 0.717) is 34.4 Å². The van der Waals surface area contributed by atoms with Crippen LogP contribution in [0.1, 0.15) is 26.0 Å². The van der Waals surface area contributed by atoms with Crippen LogP contribution in [0, 0.1) is 18.8 Å². The van der Waals surface area contributed by atoms with Gasteiger partial charge in [0.25, 0.3) is 0 Å². The molecule has 152 valence electrons. The third-order valence-electron chi connectivity index (χ3n) is 5.81. The highest BCUT2D eigenvalue weighted by Crippen LogP contribution is 2.47. The molecule has 2 atom stereocenters. The van der Waals surface area contributed by atoms with E-state index in [1.165, 1.54) is 0 Å². The number of anilines is 1. The molecule has 1 aromatic carbocycles. The van der Waals surface area contributed by atoms with Crippen molar-refractivity contribution in [3.8, 4) is 5.69 Å². The Bertz CT molecular complexity index is 1290. The lowest BCUT2D eigenvalue weighted by Crippen LogP contribution is -2.18. The standard InChI is InChI=1S/C25H23N3O2.H2/c1-15-11-18(12-16(2)29)26-25-24(15)22(30)14-23(28(25)19-8-4-3-5-9-19)27-21-10-6-7-17-13-20(17)21;/h3-11,14,17,20,27H,12-13H2,1-2H3;1H. The molecule has 0 aliphatic heterocycles. The van der Waals surface area contributed by atoms with Crippen LogP contribution in [-0.4, -0.2) is 15.3 Å². The number of Topliss-reactive ketones (excluding diaryl/α,β-unsaturated/α-hetero) is 1. The van der Waals surface area contributed by atoms with Crippen LogP contribution in [0.15, 0.2) is 71.2 Å². The Balaban J connectivity index is 0.00000231. The number of nitrogens with one attached hydrogen (secondary N) is 1. The number of rotatable bonds is 5. The van der Waals surface area contributed by atoms with E-state index in [4.69, 9.17) is 4.98 Å². The highest BCUT2D eigenvalue weighted by atomic mass is 16.1. The maximum absolute atomic E-state index is 13.1. The molecule has 0 spiro atoms. The highest BCUT2D eigenvalue weighted by molar-refractivity contribution is 5.85. The van der Waals surface area contributed by atoms with Crippen LogP contribution in [0.3, 0.4) is 0 Å². The van der Waals surface area contributed by atoms with Crippen LogP contribution in [0.25, 0.3) is 16.7 Å². The van der Waals surface area contributed by atoms with Crippen molar-refractivity contribution in [2.75, 3.05) is 5.32 Å². The lowest BCUT2D eigenvalue weighted by Gasteiger charge is -2.20. The van der Waals surface area contributed by atoms with Crippen molar-refractivity contribution in [1.29, 1.82) is 0 Å². The molecule has 0 amide bonds. The molecule has 0 bridgehead atoms. The van der Waals surface area contributed by atoms with E-state index in [-0.39, 0.29) is 19.1 Å². The predicted octanol–water partition coefficient (Wildman–Crippen LogP) is 4.57. The average Bonchev–Trinajstić information content (AvgIpc) is 3.49. The topological polar surface area (TPSA) is 64.0 Å². The highest BCUT2D eigenvalue weighted by Gasteiger charge is 2.39. The summed E-state index contributed by atoms with van der Waals surface area (Å²) >= 11 is 0. The summed E-state index contributed by atoms with van der Waals surface area (Å²) in [4.78, 5) is 29.6. The number of benzene rings is 1. The minimum atomic E-state index is -0.0710. The van der Waals surface area contributed by atoms with Gasteiger partial charge in [-0.1, -0.05) is 30.4 Å². The van der Waals surface area contributed by atoms with Gasteiger partial charge in [-0.3, -0.25) is 14.2 Å². The number of allylic oxidation sites excluding steroid dienone is 4. The Morgan fingerprint density at radius 3 is 2.83 bits per heavy atom. The third kappa shape index (κ3) is 3.26. The Morgan fingerprint density at radius 2 is 2.07 bits per heavy atom. The van der Waals surface area contributed by atoms with Gasteiger partial charge in [0.2, 0.25) is 0 Å². The second-order valence-corrected chi connectivity index (χ2v) is 8.21. The smallest absolute Gasteiger partial charge is 0.193 e. The summed E-state index contributed by atoms with van der Waals surface area (Å²) in [6.07, 6.45) is 7.79. The van der Waals surface area contributed by atoms with Crippen LogP contribution in [-0.2, 0) is 11.2 Å². The molecule has 2 aliphatic rings. The number of pyridine rings is 2. The number of fused-ring (bicyclic) bond motifs is 2. The van der Waals surface area contributed by atoms with Gasteiger partial charge < -0.3 is 5.32 Å². The summed E-state index contributed by atoms with van der Waals surface area (Å²) in [5.74, 6) is 1.82. The minimum Gasteiger partial charge on any atom is -0.344 e. The summed E-state index contributed by atoms with van der Waals surface area (Å²) in [6, 6.07) is 13.4. The predicted molar refractivity (Wildman–Crippen MR) is 121 cm³/mol. The molecule has 1 fully saturated rings. The summed E-state index contributed by atoms with van der Waals surface area (Å²) in [7, 11) is 0. The van der Waals surface area contributed by atoms with E-state index in [0.717, 1.165) is 23.4 Å². The van der Waals surface area contributed by atoms with Crippen LogP contribution in [0.5, 0.6) is 0 Å². The molecule has 30 heavy (non-hydrogen) atoms. The van der Waals surface area contributed by atoms with Crippen LogP contribution < -0.4 is 10.7 Å². The van der Waals surface area contributed by atoms with Crippen molar-refractivity contribution < 1.29 is 6.22 Å². The lowest BCUT2D eigenvalue weighted by atomic mass is 10.1. The Kier molecular flexibility index (Phi) is 4.39. The number of carbonyl (C=O) groups is 1. The summed E-state index contributed by atoms with van der Waals surface area (Å²) < 4.78 is 1.99. The molecule has 1 saturated carbocycles. The number of hydrogen-bond donors (Lipinski definition) is 1. The number of hydrogen-bond acceptors (Lipinski definition) is 4. The Hall–Kier alpha value is -3.47. The second kappa shape index (κ2) is 7.10. The fraction of sp³-hybridized carbons (Fsp3) is 0.240. The van der Waals surface area contributed by atoms with Crippen molar-refractivity contribution in [1.82, 2.24) is 9.55 Å². The van der Waals surface area contributed by atoms with Crippen molar-refractivity contribution >= 4 is 22.6 Å². The molecule has 2 aliphatic carbocycles. The number of para-hydroxylation sites is 1. The summed E-state index contributed by atoms with van der Waals surface area (Å²) in [5.41, 5.74) is 4.05. The van der Waals surface area contributed by atoms with E-state index in [2.05, 4.69) is 23.5 Å². The molecule has 5 rings (SSSR count).